The van der Waals surface area contributed by atoms with Gasteiger partial charge in [0.15, 0.2) is 5.75 Å². The van der Waals surface area contributed by atoms with Gasteiger partial charge in [0.2, 0.25) is 0 Å². The summed E-state index contributed by atoms with van der Waals surface area (Å²) in [4.78, 5) is 17.7. The van der Waals surface area contributed by atoms with Crippen molar-refractivity contribution in [2.45, 2.75) is 6.54 Å². The van der Waals surface area contributed by atoms with Gasteiger partial charge in [-0.25, -0.2) is 0 Å². The van der Waals surface area contributed by atoms with E-state index >= 15 is 0 Å². The molecule has 0 unspecified atom stereocenters. The largest absolute Gasteiger partial charge is 0.505 e. The van der Waals surface area contributed by atoms with Crippen LogP contribution in [0.25, 0.3) is 0 Å². The van der Waals surface area contributed by atoms with Crippen LogP contribution in [0.15, 0.2) is 42.7 Å². The van der Waals surface area contributed by atoms with Gasteiger partial charge >= 0.3 is 0 Å². The minimum absolute atomic E-state index is 0.175. The Morgan fingerprint density at radius 2 is 2.16 bits per heavy atom. The molecule has 0 aliphatic rings. The van der Waals surface area contributed by atoms with Crippen molar-refractivity contribution in [1.29, 1.82) is 0 Å². The van der Waals surface area contributed by atoms with Crippen molar-refractivity contribution >= 4 is 11.6 Å². The molecule has 0 aliphatic heterocycles. The third-order valence-electron chi connectivity index (χ3n) is 2.79. The molecule has 0 aliphatic carbocycles. The molecule has 0 radical (unpaired) electrons. The van der Waals surface area contributed by atoms with E-state index in [2.05, 4.69) is 4.98 Å². The van der Waals surface area contributed by atoms with E-state index in [1.165, 1.54) is 4.90 Å². The first-order valence-electron chi connectivity index (χ1n) is 5.81. The number of pyridine rings is 1. The standard InChI is InChI=1S/C14H15N3O2/c1-17(9-10-4-3-7-16-8-10)14(19)11-5-2-6-12(15)13(11)18/h2-8,18H,9,15H2,1H3. The minimum atomic E-state index is -0.284. The number of amides is 1. The Balaban J connectivity index is 2.18. The molecule has 1 aromatic heterocycles. The number of hydrogen-bond acceptors (Lipinski definition) is 4. The van der Waals surface area contributed by atoms with E-state index in [0.717, 1.165) is 5.56 Å². The van der Waals surface area contributed by atoms with Gasteiger partial charge in [0.25, 0.3) is 5.91 Å². The van der Waals surface area contributed by atoms with Gasteiger partial charge < -0.3 is 15.7 Å². The van der Waals surface area contributed by atoms with Crippen molar-refractivity contribution < 1.29 is 9.90 Å². The molecule has 0 spiro atoms. The number of rotatable bonds is 3. The van der Waals surface area contributed by atoms with Crippen LogP contribution in [0.3, 0.4) is 0 Å². The monoisotopic (exact) mass is 257 g/mol. The second-order valence-electron chi connectivity index (χ2n) is 4.27. The molecule has 5 nitrogen and oxygen atoms in total. The smallest absolute Gasteiger partial charge is 0.257 e. The number of carbonyl (C=O) groups excluding carboxylic acids is 1. The first kappa shape index (κ1) is 12.9. The number of nitrogens with two attached hydrogens (primary N) is 1. The lowest BCUT2D eigenvalue weighted by Gasteiger charge is -2.18. The third kappa shape index (κ3) is 2.82. The van der Waals surface area contributed by atoms with Crippen molar-refractivity contribution in [3.63, 3.8) is 0 Å². The molecule has 1 amide bonds. The third-order valence-corrected chi connectivity index (χ3v) is 2.79. The van der Waals surface area contributed by atoms with E-state index < -0.39 is 0 Å². The van der Waals surface area contributed by atoms with E-state index in [1.54, 1.807) is 37.6 Å². The molecule has 0 fully saturated rings. The van der Waals surface area contributed by atoms with Gasteiger partial charge in [-0.05, 0) is 23.8 Å². The molecule has 19 heavy (non-hydrogen) atoms. The van der Waals surface area contributed by atoms with Crippen LogP contribution in [-0.2, 0) is 6.54 Å². The summed E-state index contributed by atoms with van der Waals surface area (Å²) in [6.45, 7) is 0.418. The number of aromatic hydroxyl groups is 1. The van der Waals surface area contributed by atoms with Crippen LogP contribution in [0.1, 0.15) is 15.9 Å². The fraction of sp³-hybridized carbons (Fsp3) is 0.143. The summed E-state index contributed by atoms with van der Waals surface area (Å²) in [5.74, 6) is -0.459. The first-order chi connectivity index (χ1) is 9.09. The molecule has 0 atom stereocenters. The number of phenols is 1. The number of aromatic nitrogens is 1. The van der Waals surface area contributed by atoms with Crippen molar-refractivity contribution in [2.75, 3.05) is 12.8 Å². The average Bonchev–Trinajstić information content (AvgIpc) is 2.42. The Kier molecular flexibility index (Phi) is 3.66. The summed E-state index contributed by atoms with van der Waals surface area (Å²) in [6, 6.07) is 8.43. The lowest BCUT2D eigenvalue weighted by atomic mass is 10.1. The molecule has 1 aromatic carbocycles. The summed E-state index contributed by atoms with van der Waals surface area (Å²) in [7, 11) is 1.66. The van der Waals surface area contributed by atoms with E-state index in [4.69, 9.17) is 5.73 Å². The Morgan fingerprint density at radius 1 is 1.37 bits per heavy atom. The molecule has 5 heteroatoms. The summed E-state index contributed by atoms with van der Waals surface area (Å²) in [5.41, 5.74) is 6.89. The maximum atomic E-state index is 12.2. The lowest BCUT2D eigenvalue weighted by molar-refractivity contribution is 0.0782. The SMILES string of the molecule is CN(Cc1cccnc1)C(=O)c1cccc(N)c1O. The van der Waals surface area contributed by atoms with Crippen LogP contribution in [0.5, 0.6) is 5.75 Å². The summed E-state index contributed by atoms with van der Waals surface area (Å²) in [5, 5.41) is 9.80. The molecule has 0 saturated carbocycles. The molecule has 3 N–H and O–H groups in total. The van der Waals surface area contributed by atoms with Gasteiger partial charge in [-0.1, -0.05) is 12.1 Å². The number of nitrogens with zero attached hydrogens (tertiary/aromatic N) is 2. The Bertz CT molecular complexity index is 584. The van der Waals surface area contributed by atoms with Gasteiger partial charge in [-0.2, -0.15) is 0 Å². The van der Waals surface area contributed by atoms with Gasteiger partial charge in [0, 0.05) is 26.0 Å². The van der Waals surface area contributed by atoms with Crippen molar-refractivity contribution in [3.05, 3.63) is 53.9 Å². The minimum Gasteiger partial charge on any atom is -0.505 e. The van der Waals surface area contributed by atoms with Crippen molar-refractivity contribution in [1.82, 2.24) is 9.88 Å². The summed E-state index contributed by atoms with van der Waals surface area (Å²) in [6.07, 6.45) is 3.37. The van der Waals surface area contributed by atoms with E-state index in [0.29, 0.717) is 6.54 Å². The van der Waals surface area contributed by atoms with Crippen LogP contribution < -0.4 is 5.73 Å². The van der Waals surface area contributed by atoms with Crippen LogP contribution in [0.4, 0.5) is 5.69 Å². The number of hydrogen-bond donors (Lipinski definition) is 2. The zero-order valence-corrected chi connectivity index (χ0v) is 10.6. The number of carbonyl (C=O) groups is 1. The quantitative estimate of drug-likeness (QED) is 0.647. The Morgan fingerprint density at radius 3 is 2.84 bits per heavy atom. The predicted octanol–water partition coefficient (Wildman–Crippen LogP) is 1.64. The van der Waals surface area contributed by atoms with E-state index in [9.17, 15) is 9.90 Å². The normalized spacial score (nSPS) is 10.2. The van der Waals surface area contributed by atoms with Crippen molar-refractivity contribution in [2.24, 2.45) is 0 Å². The second-order valence-corrected chi connectivity index (χ2v) is 4.27. The Labute approximate surface area is 111 Å². The summed E-state index contributed by atoms with van der Waals surface area (Å²) >= 11 is 0. The van der Waals surface area contributed by atoms with Gasteiger partial charge in [-0.15, -0.1) is 0 Å². The highest BCUT2D eigenvalue weighted by molar-refractivity contribution is 5.98. The number of benzene rings is 1. The fourth-order valence-corrected chi connectivity index (χ4v) is 1.78. The van der Waals surface area contributed by atoms with Gasteiger partial charge in [0.05, 0.1) is 11.3 Å². The Hall–Kier alpha value is -2.56. The van der Waals surface area contributed by atoms with Crippen molar-refractivity contribution in [3.8, 4) is 5.75 Å². The number of phenolic OH excluding ortho intramolecular Hbond substituents is 1. The number of anilines is 1. The zero-order chi connectivity index (χ0) is 13.8. The lowest BCUT2D eigenvalue weighted by Crippen LogP contribution is -2.26. The second kappa shape index (κ2) is 5.39. The first-order valence-corrected chi connectivity index (χ1v) is 5.81. The van der Waals surface area contributed by atoms with Gasteiger partial charge in [-0.3, -0.25) is 9.78 Å². The highest BCUT2D eigenvalue weighted by Gasteiger charge is 2.17. The van der Waals surface area contributed by atoms with Crippen LogP contribution in [0, 0.1) is 0 Å². The average molecular weight is 257 g/mol. The van der Waals surface area contributed by atoms with Gasteiger partial charge in [0.1, 0.15) is 0 Å². The molecule has 98 valence electrons. The summed E-state index contributed by atoms with van der Waals surface area (Å²) < 4.78 is 0. The fourth-order valence-electron chi connectivity index (χ4n) is 1.78. The molecular formula is C14H15N3O2. The number of para-hydroxylation sites is 1. The molecule has 0 saturated heterocycles. The predicted molar refractivity (Wildman–Crippen MR) is 72.6 cm³/mol. The molecule has 2 rings (SSSR count). The van der Waals surface area contributed by atoms with Crippen LogP contribution in [-0.4, -0.2) is 27.9 Å². The maximum Gasteiger partial charge on any atom is 0.257 e. The highest BCUT2D eigenvalue weighted by Crippen LogP contribution is 2.25. The molecule has 0 bridgehead atoms. The highest BCUT2D eigenvalue weighted by atomic mass is 16.3. The molecule has 2 aromatic rings. The maximum absolute atomic E-state index is 12.2. The van der Waals surface area contributed by atoms with E-state index in [-0.39, 0.29) is 22.9 Å². The molecule has 1 heterocycles. The zero-order valence-electron chi connectivity index (χ0n) is 10.6. The van der Waals surface area contributed by atoms with Crippen LogP contribution >= 0.6 is 0 Å². The van der Waals surface area contributed by atoms with E-state index in [1.807, 2.05) is 12.1 Å². The van der Waals surface area contributed by atoms with Crippen LogP contribution in [0.2, 0.25) is 0 Å². The topological polar surface area (TPSA) is 79.5 Å². The number of nitrogen functional groups attached to an aromatic ring is 1. The molecular weight excluding hydrogens is 242 g/mol.